The number of ketones is 1. The summed E-state index contributed by atoms with van der Waals surface area (Å²) in [4.78, 5) is 23.3. The van der Waals surface area contributed by atoms with Gasteiger partial charge in [0, 0.05) is 11.3 Å². The maximum atomic E-state index is 12.0. The molecule has 0 saturated heterocycles. The fraction of sp³-hybridized carbons (Fsp3) is 0.300. The molecule has 2 rings (SSSR count). The molecule has 1 unspecified atom stereocenters. The van der Waals surface area contributed by atoms with Crippen LogP contribution in [0.5, 0.6) is 5.75 Å². The first-order chi connectivity index (χ1) is 11.5. The van der Waals surface area contributed by atoms with Gasteiger partial charge in [-0.15, -0.1) is 0 Å². The van der Waals surface area contributed by atoms with E-state index in [1.54, 1.807) is 24.3 Å². The van der Waals surface area contributed by atoms with Gasteiger partial charge in [-0.25, -0.2) is 0 Å². The summed E-state index contributed by atoms with van der Waals surface area (Å²) in [7, 11) is 0. The molecule has 0 fully saturated rings. The van der Waals surface area contributed by atoms with Crippen LogP contribution in [-0.4, -0.2) is 18.3 Å². The first-order valence-corrected chi connectivity index (χ1v) is 8.13. The molecule has 1 amide bonds. The van der Waals surface area contributed by atoms with Crippen molar-refractivity contribution in [3.05, 3.63) is 59.7 Å². The number of nitrogens with one attached hydrogen (secondary N) is 1. The Balaban J connectivity index is 1.89. The summed E-state index contributed by atoms with van der Waals surface area (Å²) in [6, 6.07) is 14.7. The van der Waals surface area contributed by atoms with Crippen LogP contribution < -0.4 is 10.1 Å². The highest BCUT2D eigenvalue weighted by Gasteiger charge is 2.07. The maximum Gasteiger partial charge on any atom is 0.262 e. The Morgan fingerprint density at radius 2 is 1.83 bits per heavy atom. The summed E-state index contributed by atoms with van der Waals surface area (Å²) in [5.74, 6) is 0.738. The number of carbonyl (C=O) groups is 2. The van der Waals surface area contributed by atoms with E-state index in [1.807, 2.05) is 24.3 Å². The molecule has 0 aliphatic heterocycles. The van der Waals surface area contributed by atoms with Crippen molar-refractivity contribution in [2.24, 2.45) is 0 Å². The lowest BCUT2D eigenvalue weighted by molar-refractivity contribution is -0.118. The van der Waals surface area contributed by atoms with Gasteiger partial charge in [-0.3, -0.25) is 9.59 Å². The summed E-state index contributed by atoms with van der Waals surface area (Å²) in [6.45, 7) is 5.72. The second kappa shape index (κ2) is 8.29. The number of hydrogen-bond donors (Lipinski definition) is 1. The van der Waals surface area contributed by atoms with Gasteiger partial charge in [-0.2, -0.15) is 0 Å². The second-order valence-corrected chi connectivity index (χ2v) is 5.85. The molecule has 1 atom stereocenters. The van der Waals surface area contributed by atoms with Crippen molar-refractivity contribution in [2.45, 2.75) is 33.1 Å². The quantitative estimate of drug-likeness (QED) is 0.767. The van der Waals surface area contributed by atoms with Gasteiger partial charge in [0.2, 0.25) is 0 Å². The van der Waals surface area contributed by atoms with E-state index in [4.69, 9.17) is 4.74 Å². The molecule has 0 aliphatic carbocycles. The number of amides is 1. The minimum Gasteiger partial charge on any atom is -0.484 e. The van der Waals surface area contributed by atoms with Gasteiger partial charge >= 0.3 is 0 Å². The van der Waals surface area contributed by atoms with E-state index in [0.717, 1.165) is 12.1 Å². The van der Waals surface area contributed by atoms with Crippen molar-refractivity contribution in [3.63, 3.8) is 0 Å². The van der Waals surface area contributed by atoms with Crippen molar-refractivity contribution in [1.29, 1.82) is 0 Å². The predicted molar refractivity (Wildman–Crippen MR) is 95.7 cm³/mol. The van der Waals surface area contributed by atoms with E-state index in [1.165, 1.54) is 12.5 Å². The molecule has 24 heavy (non-hydrogen) atoms. The van der Waals surface area contributed by atoms with Crippen LogP contribution in [0.25, 0.3) is 0 Å². The molecule has 4 heteroatoms. The highest BCUT2D eigenvalue weighted by Crippen LogP contribution is 2.20. The van der Waals surface area contributed by atoms with Gasteiger partial charge in [0.1, 0.15) is 5.75 Å². The SMILES string of the molecule is CCC(C)c1ccc(NC(=O)COc2cccc(C(C)=O)c2)cc1. The molecule has 0 radical (unpaired) electrons. The van der Waals surface area contributed by atoms with Crippen LogP contribution >= 0.6 is 0 Å². The largest absolute Gasteiger partial charge is 0.484 e. The van der Waals surface area contributed by atoms with E-state index >= 15 is 0 Å². The van der Waals surface area contributed by atoms with Gasteiger partial charge in [0.25, 0.3) is 5.91 Å². The topological polar surface area (TPSA) is 55.4 Å². The van der Waals surface area contributed by atoms with E-state index in [9.17, 15) is 9.59 Å². The molecule has 1 N–H and O–H groups in total. The highest BCUT2D eigenvalue weighted by molar-refractivity contribution is 5.94. The minimum absolute atomic E-state index is 0.0358. The van der Waals surface area contributed by atoms with E-state index in [0.29, 0.717) is 17.2 Å². The fourth-order valence-corrected chi connectivity index (χ4v) is 2.28. The van der Waals surface area contributed by atoms with Gasteiger partial charge < -0.3 is 10.1 Å². The summed E-state index contributed by atoms with van der Waals surface area (Å²) in [5, 5.41) is 2.80. The Bertz CT molecular complexity index is 707. The normalized spacial score (nSPS) is 11.6. The lowest BCUT2D eigenvalue weighted by atomic mass is 9.99. The van der Waals surface area contributed by atoms with Crippen molar-refractivity contribution >= 4 is 17.4 Å². The van der Waals surface area contributed by atoms with Gasteiger partial charge in [-0.1, -0.05) is 38.1 Å². The van der Waals surface area contributed by atoms with Crippen molar-refractivity contribution in [1.82, 2.24) is 0 Å². The van der Waals surface area contributed by atoms with Crippen LogP contribution in [0.2, 0.25) is 0 Å². The third kappa shape index (κ3) is 4.95. The van der Waals surface area contributed by atoms with Gasteiger partial charge in [0.05, 0.1) is 0 Å². The van der Waals surface area contributed by atoms with Crippen LogP contribution in [0.1, 0.15) is 49.0 Å². The lowest BCUT2D eigenvalue weighted by Crippen LogP contribution is -2.20. The standard InChI is InChI=1S/C20H23NO3/c1-4-14(2)16-8-10-18(11-9-16)21-20(23)13-24-19-7-5-6-17(12-19)15(3)22/h5-12,14H,4,13H2,1-3H3,(H,21,23). The maximum absolute atomic E-state index is 12.0. The molecule has 0 aliphatic rings. The molecule has 0 heterocycles. The average molecular weight is 325 g/mol. The van der Waals surface area contributed by atoms with Crippen molar-refractivity contribution in [3.8, 4) is 5.75 Å². The monoisotopic (exact) mass is 325 g/mol. The average Bonchev–Trinajstić information content (AvgIpc) is 2.60. The highest BCUT2D eigenvalue weighted by atomic mass is 16.5. The van der Waals surface area contributed by atoms with E-state index < -0.39 is 0 Å². The van der Waals surface area contributed by atoms with Crippen LogP contribution in [0, 0.1) is 0 Å². The first kappa shape index (κ1) is 17.7. The number of anilines is 1. The number of Topliss-reactive ketones (excluding diaryl/α,β-unsaturated/α-hetero) is 1. The third-order valence-corrected chi connectivity index (χ3v) is 3.99. The summed E-state index contributed by atoms with van der Waals surface area (Å²) in [6.07, 6.45) is 1.08. The second-order valence-electron chi connectivity index (χ2n) is 5.85. The number of benzene rings is 2. The molecule has 0 spiro atoms. The van der Waals surface area contributed by atoms with Crippen LogP contribution in [0.4, 0.5) is 5.69 Å². The zero-order valence-corrected chi connectivity index (χ0v) is 14.3. The Hall–Kier alpha value is -2.62. The molecular weight excluding hydrogens is 302 g/mol. The minimum atomic E-state index is -0.237. The van der Waals surface area contributed by atoms with Crippen molar-refractivity contribution < 1.29 is 14.3 Å². The van der Waals surface area contributed by atoms with E-state index in [2.05, 4.69) is 19.2 Å². The smallest absolute Gasteiger partial charge is 0.262 e. The number of hydrogen-bond acceptors (Lipinski definition) is 3. The molecular formula is C20H23NO3. The molecule has 2 aromatic carbocycles. The lowest BCUT2D eigenvalue weighted by Gasteiger charge is -2.11. The summed E-state index contributed by atoms with van der Waals surface area (Å²) >= 11 is 0. The molecule has 126 valence electrons. The number of carbonyl (C=O) groups excluding carboxylic acids is 2. The molecule has 4 nitrogen and oxygen atoms in total. The zero-order valence-electron chi connectivity index (χ0n) is 14.3. The summed E-state index contributed by atoms with van der Waals surface area (Å²) in [5.41, 5.74) is 2.56. The van der Waals surface area contributed by atoms with Crippen LogP contribution in [-0.2, 0) is 4.79 Å². The zero-order chi connectivity index (χ0) is 17.5. The Morgan fingerprint density at radius 1 is 1.12 bits per heavy atom. The Morgan fingerprint density at radius 3 is 2.46 bits per heavy atom. The van der Waals surface area contributed by atoms with Crippen molar-refractivity contribution in [2.75, 3.05) is 11.9 Å². The molecule has 0 saturated carbocycles. The molecule has 0 aromatic heterocycles. The fourth-order valence-electron chi connectivity index (χ4n) is 2.28. The molecule has 0 bridgehead atoms. The molecule has 2 aromatic rings. The Labute approximate surface area is 142 Å². The summed E-state index contributed by atoms with van der Waals surface area (Å²) < 4.78 is 5.45. The van der Waals surface area contributed by atoms with Crippen LogP contribution in [0.15, 0.2) is 48.5 Å². The first-order valence-electron chi connectivity index (χ1n) is 8.13. The van der Waals surface area contributed by atoms with Crippen LogP contribution in [0.3, 0.4) is 0 Å². The van der Waals surface area contributed by atoms with E-state index in [-0.39, 0.29) is 18.3 Å². The van der Waals surface area contributed by atoms with Gasteiger partial charge in [-0.05, 0) is 49.1 Å². The number of rotatable bonds is 7. The Kier molecular flexibility index (Phi) is 6.13. The van der Waals surface area contributed by atoms with Gasteiger partial charge in [0.15, 0.2) is 12.4 Å². The predicted octanol–water partition coefficient (Wildman–Crippen LogP) is 4.42. The third-order valence-electron chi connectivity index (χ3n) is 3.99. The number of ether oxygens (including phenoxy) is 1.